The van der Waals surface area contributed by atoms with Crippen molar-refractivity contribution in [1.82, 2.24) is 0 Å². The number of ether oxygens (including phenoxy) is 2. The molecule has 2 rings (SSSR count). The molecule has 0 N–H and O–H groups in total. The molecule has 0 bridgehead atoms. The van der Waals surface area contributed by atoms with E-state index in [1.807, 2.05) is 0 Å². The second-order valence-corrected chi connectivity index (χ2v) is 7.60. The van der Waals surface area contributed by atoms with E-state index >= 15 is 0 Å². The third-order valence-electron chi connectivity index (χ3n) is 3.87. The minimum atomic E-state index is -4.04. The van der Waals surface area contributed by atoms with Crippen molar-refractivity contribution in [2.45, 2.75) is 29.4 Å². The largest absolute Gasteiger partial charge is 0.495 e. The maximum absolute atomic E-state index is 14.1. The molecule has 0 heterocycles. The summed E-state index contributed by atoms with van der Waals surface area (Å²) in [6, 6.07) is 1.95. The third-order valence-corrected chi connectivity index (χ3v) is 6.45. The van der Waals surface area contributed by atoms with Gasteiger partial charge in [-0.15, -0.1) is 0 Å². The first-order chi connectivity index (χ1) is 10.3. The van der Waals surface area contributed by atoms with Gasteiger partial charge >= 0.3 is 5.97 Å². The zero-order valence-corrected chi connectivity index (χ0v) is 13.7. The van der Waals surface area contributed by atoms with Crippen LogP contribution in [0.15, 0.2) is 17.0 Å². The van der Waals surface area contributed by atoms with Crippen molar-refractivity contribution in [3.05, 3.63) is 23.0 Å². The van der Waals surface area contributed by atoms with E-state index in [1.165, 1.54) is 14.2 Å². The molecule has 0 amide bonds. The summed E-state index contributed by atoms with van der Waals surface area (Å²) >= 11 is 5.89. The van der Waals surface area contributed by atoms with E-state index in [4.69, 9.17) is 16.3 Å². The molecule has 0 aliphatic heterocycles. The lowest BCUT2D eigenvalue weighted by molar-refractivity contribution is -0.145. The zero-order valence-electron chi connectivity index (χ0n) is 12.1. The van der Waals surface area contributed by atoms with Crippen LogP contribution >= 0.6 is 11.6 Å². The fourth-order valence-electron chi connectivity index (χ4n) is 2.77. The number of benzene rings is 1. The molecule has 1 aromatic carbocycles. The van der Waals surface area contributed by atoms with Crippen LogP contribution in [0.3, 0.4) is 0 Å². The van der Waals surface area contributed by atoms with Crippen LogP contribution in [0.2, 0.25) is 5.02 Å². The van der Waals surface area contributed by atoms with Crippen LogP contribution in [0.1, 0.15) is 19.3 Å². The Hall–Kier alpha value is -1.34. The molecule has 2 atom stereocenters. The highest BCUT2D eigenvalue weighted by molar-refractivity contribution is 7.92. The van der Waals surface area contributed by atoms with Crippen molar-refractivity contribution >= 4 is 27.4 Å². The summed E-state index contributed by atoms with van der Waals surface area (Å²) in [7, 11) is -1.53. The van der Waals surface area contributed by atoms with Crippen molar-refractivity contribution in [3.63, 3.8) is 0 Å². The van der Waals surface area contributed by atoms with Gasteiger partial charge in [0, 0.05) is 6.07 Å². The predicted octanol–water partition coefficient (Wildman–Crippen LogP) is 2.60. The van der Waals surface area contributed by atoms with Crippen LogP contribution in [0.4, 0.5) is 4.39 Å². The van der Waals surface area contributed by atoms with E-state index in [0.717, 1.165) is 12.1 Å². The normalized spacial score (nSPS) is 21.6. The van der Waals surface area contributed by atoms with Gasteiger partial charge in [-0.1, -0.05) is 18.0 Å². The molecule has 0 saturated heterocycles. The van der Waals surface area contributed by atoms with Gasteiger partial charge in [-0.05, 0) is 18.9 Å². The van der Waals surface area contributed by atoms with Crippen LogP contribution in [0.5, 0.6) is 5.75 Å². The smallest absolute Gasteiger partial charge is 0.309 e. The van der Waals surface area contributed by atoms with Crippen molar-refractivity contribution < 1.29 is 27.1 Å². The summed E-state index contributed by atoms with van der Waals surface area (Å²) in [4.78, 5) is 11.2. The summed E-state index contributed by atoms with van der Waals surface area (Å²) in [5.41, 5.74) is 0. The highest BCUT2D eigenvalue weighted by atomic mass is 35.5. The predicted molar refractivity (Wildman–Crippen MR) is 78.3 cm³/mol. The van der Waals surface area contributed by atoms with Crippen molar-refractivity contribution in [2.75, 3.05) is 14.2 Å². The number of esters is 1. The van der Waals surface area contributed by atoms with Crippen LogP contribution in [-0.4, -0.2) is 33.9 Å². The summed E-state index contributed by atoms with van der Waals surface area (Å²) in [6.45, 7) is 0. The first kappa shape index (κ1) is 17.0. The minimum absolute atomic E-state index is 0.00455. The van der Waals surface area contributed by atoms with Crippen LogP contribution in [0.25, 0.3) is 0 Å². The van der Waals surface area contributed by atoms with Crippen LogP contribution < -0.4 is 4.74 Å². The Kier molecular flexibility index (Phi) is 4.97. The standard InChI is InChI=1S/C14H16ClFO5S/c1-20-11-7-10(16)13(6-9(11)15)22(18,19)12-5-3-4-8(12)14(17)21-2/h6-8,12H,3-5H2,1-2H3. The van der Waals surface area contributed by atoms with E-state index in [9.17, 15) is 17.6 Å². The fraction of sp³-hybridized carbons (Fsp3) is 0.500. The zero-order chi connectivity index (χ0) is 16.5. The summed E-state index contributed by atoms with van der Waals surface area (Å²) in [5.74, 6) is -2.27. The maximum Gasteiger partial charge on any atom is 0.309 e. The van der Waals surface area contributed by atoms with Crippen molar-refractivity contribution in [3.8, 4) is 5.75 Å². The van der Waals surface area contributed by atoms with Gasteiger partial charge in [-0.25, -0.2) is 12.8 Å². The molecule has 1 aliphatic rings. The molecular formula is C14H16ClFO5S. The molecule has 1 fully saturated rings. The van der Waals surface area contributed by atoms with E-state index in [-0.39, 0.29) is 17.2 Å². The van der Waals surface area contributed by atoms with Gasteiger partial charge in [0.2, 0.25) is 0 Å². The van der Waals surface area contributed by atoms with E-state index in [1.54, 1.807) is 0 Å². The second-order valence-electron chi connectivity index (χ2n) is 5.06. The summed E-state index contributed by atoms with van der Waals surface area (Å²) in [5, 5.41) is -1.01. The summed E-state index contributed by atoms with van der Waals surface area (Å²) in [6.07, 6.45) is 1.25. The number of halogens is 2. The Balaban J connectivity index is 2.47. The molecule has 1 aliphatic carbocycles. The lowest BCUT2D eigenvalue weighted by Gasteiger charge is -2.19. The van der Waals surface area contributed by atoms with Gasteiger partial charge in [-0.2, -0.15) is 0 Å². The second kappa shape index (κ2) is 6.42. The molecule has 1 aromatic rings. The van der Waals surface area contributed by atoms with Gasteiger partial charge < -0.3 is 9.47 Å². The highest BCUT2D eigenvalue weighted by Crippen LogP contribution is 2.38. The van der Waals surface area contributed by atoms with Gasteiger partial charge in [0.05, 0.1) is 30.4 Å². The molecule has 122 valence electrons. The van der Waals surface area contributed by atoms with Crippen molar-refractivity contribution in [1.29, 1.82) is 0 Å². The lowest BCUT2D eigenvalue weighted by atomic mass is 10.1. The number of carbonyl (C=O) groups is 1. The maximum atomic E-state index is 14.1. The number of carbonyl (C=O) groups excluding carboxylic acids is 1. The Labute approximate surface area is 133 Å². The van der Waals surface area contributed by atoms with Crippen LogP contribution in [-0.2, 0) is 19.4 Å². The van der Waals surface area contributed by atoms with E-state index in [2.05, 4.69) is 4.74 Å². The molecule has 8 heteroatoms. The fourth-order valence-corrected chi connectivity index (χ4v) is 5.17. The van der Waals surface area contributed by atoms with Gasteiger partial charge in [0.15, 0.2) is 9.84 Å². The Morgan fingerprint density at radius 2 is 2.00 bits per heavy atom. The third kappa shape index (κ3) is 2.92. The Bertz CT molecular complexity index is 689. The van der Waals surface area contributed by atoms with Crippen molar-refractivity contribution in [2.24, 2.45) is 5.92 Å². The van der Waals surface area contributed by atoms with E-state index in [0.29, 0.717) is 12.8 Å². The molecule has 5 nitrogen and oxygen atoms in total. The van der Waals surface area contributed by atoms with Crippen LogP contribution in [0, 0.1) is 11.7 Å². The van der Waals surface area contributed by atoms with Gasteiger partial charge in [0.25, 0.3) is 0 Å². The number of rotatable bonds is 4. The number of sulfone groups is 1. The molecule has 22 heavy (non-hydrogen) atoms. The first-order valence-corrected chi connectivity index (χ1v) is 8.60. The number of hydrogen-bond donors (Lipinski definition) is 0. The van der Waals surface area contributed by atoms with Gasteiger partial charge in [0.1, 0.15) is 16.5 Å². The Morgan fingerprint density at radius 3 is 2.59 bits per heavy atom. The number of hydrogen-bond acceptors (Lipinski definition) is 5. The molecule has 0 aromatic heterocycles. The average Bonchev–Trinajstić information content (AvgIpc) is 2.98. The highest BCUT2D eigenvalue weighted by Gasteiger charge is 2.44. The lowest BCUT2D eigenvalue weighted by Crippen LogP contribution is -2.32. The molecular weight excluding hydrogens is 335 g/mol. The molecule has 0 radical (unpaired) electrons. The summed E-state index contributed by atoms with van der Waals surface area (Å²) < 4.78 is 49.0. The SMILES string of the molecule is COC(=O)C1CCCC1S(=O)(=O)c1cc(Cl)c(OC)cc1F. The monoisotopic (exact) mass is 350 g/mol. The van der Waals surface area contributed by atoms with Gasteiger partial charge in [-0.3, -0.25) is 4.79 Å². The molecule has 1 saturated carbocycles. The Morgan fingerprint density at radius 1 is 1.32 bits per heavy atom. The minimum Gasteiger partial charge on any atom is -0.495 e. The topological polar surface area (TPSA) is 69.7 Å². The quantitative estimate of drug-likeness (QED) is 0.781. The van der Waals surface area contributed by atoms with E-state index < -0.39 is 37.7 Å². The average molecular weight is 351 g/mol. The molecule has 2 unspecified atom stereocenters. The number of methoxy groups -OCH3 is 2. The molecule has 0 spiro atoms. The first-order valence-electron chi connectivity index (χ1n) is 6.67.